The number of aromatic amines is 1. The van der Waals surface area contributed by atoms with Crippen molar-refractivity contribution in [1.82, 2.24) is 20.0 Å². The van der Waals surface area contributed by atoms with Gasteiger partial charge in [0, 0.05) is 28.9 Å². The van der Waals surface area contributed by atoms with Crippen molar-refractivity contribution in [3.05, 3.63) is 64.3 Å². The third kappa shape index (κ3) is 3.85. The SMILES string of the molecule is O=C(Nc1ccn(Cc2c(F)cccc2Cl)n1)c1cc(C(F)(F)F)[nH]n1. The second kappa shape index (κ2) is 6.79. The summed E-state index contributed by atoms with van der Waals surface area (Å²) in [5.41, 5.74) is -1.36. The lowest BCUT2D eigenvalue weighted by molar-refractivity contribution is -0.141. The van der Waals surface area contributed by atoms with Crippen molar-refractivity contribution in [2.75, 3.05) is 5.32 Å². The molecule has 0 aliphatic heterocycles. The van der Waals surface area contributed by atoms with Gasteiger partial charge in [0.25, 0.3) is 5.91 Å². The van der Waals surface area contributed by atoms with Crippen LogP contribution in [0, 0.1) is 5.82 Å². The molecule has 0 atom stereocenters. The van der Waals surface area contributed by atoms with Crippen LogP contribution in [0.3, 0.4) is 0 Å². The van der Waals surface area contributed by atoms with Crippen LogP contribution in [0.2, 0.25) is 5.02 Å². The Morgan fingerprint density at radius 3 is 2.73 bits per heavy atom. The van der Waals surface area contributed by atoms with E-state index in [1.54, 1.807) is 5.10 Å². The maximum Gasteiger partial charge on any atom is 0.432 e. The number of anilines is 1. The first-order valence-corrected chi connectivity index (χ1v) is 7.52. The normalized spacial score (nSPS) is 11.6. The van der Waals surface area contributed by atoms with Gasteiger partial charge in [0.05, 0.1) is 6.54 Å². The number of rotatable bonds is 4. The Bertz CT molecular complexity index is 929. The van der Waals surface area contributed by atoms with Crippen LogP contribution in [-0.2, 0) is 12.7 Å². The number of carbonyl (C=O) groups is 1. The van der Waals surface area contributed by atoms with Gasteiger partial charge in [-0.15, -0.1) is 0 Å². The molecule has 0 unspecified atom stereocenters. The van der Waals surface area contributed by atoms with E-state index < -0.39 is 29.3 Å². The van der Waals surface area contributed by atoms with Gasteiger partial charge < -0.3 is 5.32 Å². The molecule has 2 N–H and O–H groups in total. The van der Waals surface area contributed by atoms with Gasteiger partial charge >= 0.3 is 6.18 Å². The fraction of sp³-hybridized carbons (Fsp3) is 0.133. The van der Waals surface area contributed by atoms with Crippen LogP contribution in [0.25, 0.3) is 0 Å². The predicted octanol–water partition coefficient (Wildman–Crippen LogP) is 3.72. The van der Waals surface area contributed by atoms with Gasteiger partial charge in [-0.25, -0.2) is 4.39 Å². The van der Waals surface area contributed by atoms with E-state index in [0.29, 0.717) is 6.07 Å². The number of H-pyrrole nitrogens is 1. The molecule has 1 amide bonds. The van der Waals surface area contributed by atoms with E-state index in [0.717, 1.165) is 0 Å². The van der Waals surface area contributed by atoms with Crippen molar-refractivity contribution in [2.45, 2.75) is 12.7 Å². The highest BCUT2D eigenvalue weighted by molar-refractivity contribution is 6.31. The van der Waals surface area contributed by atoms with E-state index in [1.165, 1.54) is 35.1 Å². The van der Waals surface area contributed by atoms with Gasteiger partial charge in [-0.05, 0) is 12.1 Å². The Morgan fingerprint density at radius 2 is 2.08 bits per heavy atom. The van der Waals surface area contributed by atoms with Gasteiger partial charge in [-0.1, -0.05) is 17.7 Å². The first kappa shape index (κ1) is 17.9. The molecule has 11 heteroatoms. The van der Waals surface area contributed by atoms with Crippen molar-refractivity contribution in [3.8, 4) is 0 Å². The summed E-state index contributed by atoms with van der Waals surface area (Å²) >= 11 is 5.94. The van der Waals surface area contributed by atoms with Gasteiger partial charge in [0.2, 0.25) is 0 Å². The molecule has 0 aliphatic carbocycles. The Hall–Kier alpha value is -2.88. The van der Waals surface area contributed by atoms with E-state index in [4.69, 9.17) is 11.6 Å². The maximum absolute atomic E-state index is 13.8. The number of amides is 1. The number of benzene rings is 1. The van der Waals surface area contributed by atoms with Crippen molar-refractivity contribution in [1.29, 1.82) is 0 Å². The Morgan fingerprint density at radius 1 is 1.31 bits per heavy atom. The molecule has 6 nitrogen and oxygen atoms in total. The second-order valence-corrected chi connectivity index (χ2v) is 5.62. The van der Waals surface area contributed by atoms with Crippen LogP contribution in [0.4, 0.5) is 23.4 Å². The molecule has 2 aromatic heterocycles. The lowest BCUT2D eigenvalue weighted by Gasteiger charge is -2.06. The number of halogens is 5. The number of nitrogens with zero attached hydrogens (tertiary/aromatic N) is 3. The first-order chi connectivity index (χ1) is 12.2. The highest BCUT2D eigenvalue weighted by Crippen LogP contribution is 2.27. The molecule has 136 valence electrons. The third-order valence-electron chi connectivity index (χ3n) is 3.38. The zero-order valence-electron chi connectivity index (χ0n) is 12.8. The summed E-state index contributed by atoms with van der Waals surface area (Å²) in [7, 11) is 0. The lowest BCUT2D eigenvalue weighted by Crippen LogP contribution is -2.13. The molecule has 0 radical (unpaired) electrons. The number of hydrogen-bond donors (Lipinski definition) is 2. The smallest absolute Gasteiger partial charge is 0.304 e. The van der Waals surface area contributed by atoms with Crippen molar-refractivity contribution in [2.24, 2.45) is 0 Å². The predicted molar refractivity (Wildman–Crippen MR) is 84.3 cm³/mol. The molecule has 0 bridgehead atoms. The van der Waals surface area contributed by atoms with Gasteiger partial charge in [-0.2, -0.15) is 23.4 Å². The molecule has 2 heterocycles. The fourth-order valence-electron chi connectivity index (χ4n) is 2.13. The number of alkyl halides is 3. The summed E-state index contributed by atoms with van der Waals surface area (Å²) in [6.45, 7) is 0.0159. The molecule has 0 saturated carbocycles. The van der Waals surface area contributed by atoms with E-state index in [9.17, 15) is 22.4 Å². The van der Waals surface area contributed by atoms with E-state index in [2.05, 4.69) is 15.5 Å². The standard InChI is InChI=1S/C15H10ClF4N5O/c16-9-2-1-3-10(17)8(9)7-25-5-4-13(24-25)21-14(26)11-6-12(23-22-11)15(18,19)20/h1-6H,7H2,(H,22,23)(H,21,24,26). The van der Waals surface area contributed by atoms with Crippen LogP contribution < -0.4 is 5.32 Å². The number of hydrogen-bond acceptors (Lipinski definition) is 3. The molecule has 1 aromatic carbocycles. The van der Waals surface area contributed by atoms with Crippen molar-refractivity contribution < 1.29 is 22.4 Å². The maximum atomic E-state index is 13.8. The Labute approximate surface area is 148 Å². The van der Waals surface area contributed by atoms with Crippen LogP contribution >= 0.6 is 11.6 Å². The summed E-state index contributed by atoms with van der Waals surface area (Å²) < 4.78 is 52.6. The molecule has 3 rings (SSSR count). The van der Waals surface area contributed by atoms with Crippen LogP contribution in [0.15, 0.2) is 36.5 Å². The minimum Gasteiger partial charge on any atom is -0.304 e. The molecule has 3 aromatic rings. The first-order valence-electron chi connectivity index (χ1n) is 7.14. The highest BCUT2D eigenvalue weighted by Gasteiger charge is 2.33. The Kier molecular flexibility index (Phi) is 4.68. The topological polar surface area (TPSA) is 75.6 Å². The third-order valence-corrected chi connectivity index (χ3v) is 3.73. The van der Waals surface area contributed by atoms with Gasteiger partial charge in [0.15, 0.2) is 11.5 Å². The fourth-order valence-corrected chi connectivity index (χ4v) is 2.35. The molecule has 26 heavy (non-hydrogen) atoms. The van der Waals surface area contributed by atoms with E-state index in [-0.39, 0.29) is 22.9 Å². The summed E-state index contributed by atoms with van der Waals surface area (Å²) in [5.74, 6) is -1.31. The minimum atomic E-state index is -4.63. The Balaban J connectivity index is 1.70. The number of nitrogens with one attached hydrogen (secondary N) is 2. The molecular formula is C15H10ClF4N5O. The summed E-state index contributed by atoms with van der Waals surface area (Å²) in [6, 6.07) is 6.25. The summed E-state index contributed by atoms with van der Waals surface area (Å²) in [5, 5.41) is 11.6. The minimum absolute atomic E-state index is 0.0159. The molecule has 0 fully saturated rings. The quantitative estimate of drug-likeness (QED) is 0.670. The molecule has 0 saturated heterocycles. The van der Waals surface area contributed by atoms with Gasteiger partial charge in [-0.3, -0.25) is 14.6 Å². The van der Waals surface area contributed by atoms with Crippen molar-refractivity contribution in [3.63, 3.8) is 0 Å². The van der Waals surface area contributed by atoms with Crippen LogP contribution in [-0.4, -0.2) is 25.9 Å². The largest absolute Gasteiger partial charge is 0.432 e. The summed E-state index contributed by atoms with van der Waals surface area (Å²) in [4.78, 5) is 11.9. The monoisotopic (exact) mass is 387 g/mol. The molecule has 0 aliphatic rings. The number of carbonyl (C=O) groups excluding carboxylic acids is 1. The lowest BCUT2D eigenvalue weighted by atomic mass is 10.2. The summed E-state index contributed by atoms with van der Waals surface area (Å²) in [6.07, 6.45) is -3.17. The number of aromatic nitrogens is 4. The van der Waals surface area contributed by atoms with E-state index >= 15 is 0 Å². The zero-order chi connectivity index (χ0) is 18.9. The second-order valence-electron chi connectivity index (χ2n) is 5.22. The van der Waals surface area contributed by atoms with Gasteiger partial charge in [0.1, 0.15) is 11.5 Å². The highest BCUT2D eigenvalue weighted by atomic mass is 35.5. The molecular weight excluding hydrogens is 378 g/mol. The van der Waals surface area contributed by atoms with E-state index in [1.807, 2.05) is 0 Å². The molecule has 0 spiro atoms. The average Bonchev–Trinajstić information content (AvgIpc) is 3.20. The van der Waals surface area contributed by atoms with Crippen LogP contribution in [0.1, 0.15) is 21.7 Å². The zero-order valence-corrected chi connectivity index (χ0v) is 13.6. The van der Waals surface area contributed by atoms with Crippen molar-refractivity contribution >= 4 is 23.3 Å². The van der Waals surface area contributed by atoms with Crippen LogP contribution in [0.5, 0.6) is 0 Å². The average molecular weight is 388 g/mol.